The molecule has 0 aromatic carbocycles. The molecule has 1 aliphatic carbocycles. The van der Waals surface area contributed by atoms with Crippen LogP contribution in [0.1, 0.15) is 25.7 Å². The first-order chi connectivity index (χ1) is 8.39. The summed E-state index contributed by atoms with van der Waals surface area (Å²) in [5, 5.41) is 2.17. The van der Waals surface area contributed by atoms with Crippen LogP contribution in [-0.2, 0) is 0 Å². The fourth-order valence-electron chi connectivity index (χ4n) is 2.38. The van der Waals surface area contributed by atoms with Crippen LogP contribution in [-0.4, -0.2) is 36.2 Å². The van der Waals surface area contributed by atoms with Gasteiger partial charge in [0, 0.05) is 12.2 Å². The largest absolute Gasteiger partial charge is 0.449 e. The van der Waals surface area contributed by atoms with Gasteiger partial charge in [0.2, 0.25) is 5.84 Å². The van der Waals surface area contributed by atoms with E-state index in [-0.39, 0.29) is 0 Å². The molecule has 1 fully saturated rings. The van der Waals surface area contributed by atoms with E-state index in [2.05, 4.69) is 26.2 Å². The number of aliphatic imine (C=N–C) groups is 1. The van der Waals surface area contributed by atoms with E-state index < -0.39 is 18.2 Å². The Morgan fingerprint density at radius 3 is 2.56 bits per heavy atom. The van der Waals surface area contributed by atoms with Gasteiger partial charge in [-0.25, -0.2) is 4.99 Å². The zero-order valence-electron chi connectivity index (χ0n) is 9.97. The highest BCUT2D eigenvalue weighted by molar-refractivity contribution is 9.11. The number of hydrogen-bond acceptors (Lipinski definition) is 3. The Morgan fingerprint density at radius 1 is 1.39 bits per heavy atom. The lowest BCUT2D eigenvalue weighted by Crippen LogP contribution is -2.45. The number of likely N-dealkylation sites (N-methyl/N-ethyl adjacent to an activating group) is 1. The molecule has 2 rings (SSSR count). The molecule has 1 N–H and O–H groups in total. The summed E-state index contributed by atoms with van der Waals surface area (Å²) in [6.07, 6.45) is 0.639. The lowest BCUT2D eigenvalue weighted by Gasteiger charge is -2.32. The molecular formula is C11H15BrF3N3. The molecule has 0 spiro atoms. The van der Waals surface area contributed by atoms with Gasteiger partial charge in [0.05, 0.1) is 4.48 Å². The highest BCUT2D eigenvalue weighted by Gasteiger charge is 2.39. The molecule has 0 saturated heterocycles. The number of nitrogens with one attached hydrogen (secondary N) is 1. The molecule has 0 amide bonds. The van der Waals surface area contributed by atoms with Crippen molar-refractivity contribution < 1.29 is 13.2 Å². The number of halogens is 4. The van der Waals surface area contributed by atoms with Crippen molar-refractivity contribution in [1.29, 1.82) is 0 Å². The average Bonchev–Trinajstić information content (AvgIpc) is 2.80. The van der Waals surface area contributed by atoms with Crippen molar-refractivity contribution in [2.45, 2.75) is 44.1 Å². The number of amidine groups is 1. The Hall–Kier alpha value is -0.560. The van der Waals surface area contributed by atoms with E-state index in [1.807, 2.05) is 11.9 Å². The van der Waals surface area contributed by atoms with Gasteiger partial charge in [-0.1, -0.05) is 28.8 Å². The predicted molar refractivity (Wildman–Crippen MR) is 67.4 cm³/mol. The monoisotopic (exact) mass is 325 g/mol. The summed E-state index contributed by atoms with van der Waals surface area (Å²) in [6, 6.07) is 0.312. The zero-order valence-corrected chi connectivity index (χ0v) is 11.6. The Bertz CT molecular complexity index is 372. The Kier molecular flexibility index (Phi) is 4.01. The molecule has 0 aromatic heterocycles. The second-order valence-electron chi connectivity index (χ2n) is 4.63. The zero-order chi connectivity index (χ0) is 13.3. The van der Waals surface area contributed by atoms with Gasteiger partial charge in [0.1, 0.15) is 6.17 Å². The summed E-state index contributed by atoms with van der Waals surface area (Å²) < 4.78 is 38.5. The quantitative estimate of drug-likeness (QED) is 0.845. The van der Waals surface area contributed by atoms with Crippen molar-refractivity contribution in [3.8, 4) is 0 Å². The third-order valence-electron chi connectivity index (χ3n) is 3.40. The van der Waals surface area contributed by atoms with Gasteiger partial charge >= 0.3 is 6.18 Å². The first-order valence-electron chi connectivity index (χ1n) is 5.88. The lowest BCUT2D eigenvalue weighted by molar-refractivity contribution is -0.0621. The molecule has 0 bridgehead atoms. The highest BCUT2D eigenvalue weighted by Crippen LogP contribution is 2.30. The molecule has 1 aliphatic heterocycles. The van der Waals surface area contributed by atoms with Gasteiger partial charge in [-0.2, -0.15) is 13.2 Å². The summed E-state index contributed by atoms with van der Waals surface area (Å²) in [5.74, 6) is -0.930. The molecule has 0 aromatic rings. The molecule has 0 radical (unpaired) electrons. The number of alkyl halides is 3. The van der Waals surface area contributed by atoms with Crippen LogP contribution in [0.15, 0.2) is 15.7 Å². The Balaban J connectivity index is 2.16. The van der Waals surface area contributed by atoms with E-state index in [4.69, 9.17) is 0 Å². The maximum absolute atomic E-state index is 12.6. The second kappa shape index (κ2) is 5.21. The van der Waals surface area contributed by atoms with Crippen LogP contribution < -0.4 is 5.32 Å². The second-order valence-corrected chi connectivity index (χ2v) is 5.54. The smallest absolute Gasteiger partial charge is 0.342 e. The van der Waals surface area contributed by atoms with Crippen molar-refractivity contribution in [1.82, 2.24) is 10.2 Å². The standard InChI is InChI=1S/C11H15BrF3N3/c1-18(7-4-2-3-5-7)9-8(12)6-16-10(17-9)11(13,14)15/h6-7,9H,2-5H2,1H3,(H,16,17). The summed E-state index contributed by atoms with van der Waals surface area (Å²) >= 11 is 3.28. The summed E-state index contributed by atoms with van der Waals surface area (Å²) in [7, 11) is 1.83. The molecule has 2 aliphatic rings. The topological polar surface area (TPSA) is 27.6 Å². The summed E-state index contributed by atoms with van der Waals surface area (Å²) in [5.41, 5.74) is 0. The number of hydrogen-bond donors (Lipinski definition) is 1. The van der Waals surface area contributed by atoms with E-state index in [9.17, 15) is 13.2 Å². The number of rotatable bonds is 2. The third-order valence-corrected chi connectivity index (χ3v) is 4.04. The molecule has 1 saturated carbocycles. The maximum Gasteiger partial charge on any atom is 0.449 e. The highest BCUT2D eigenvalue weighted by atomic mass is 79.9. The molecule has 18 heavy (non-hydrogen) atoms. The molecular weight excluding hydrogens is 311 g/mol. The molecule has 3 nitrogen and oxygen atoms in total. The van der Waals surface area contributed by atoms with Crippen molar-refractivity contribution in [2.75, 3.05) is 7.05 Å². The average molecular weight is 326 g/mol. The summed E-state index contributed by atoms with van der Waals surface area (Å²) in [4.78, 5) is 5.69. The minimum atomic E-state index is -4.43. The van der Waals surface area contributed by atoms with E-state index in [0.29, 0.717) is 10.5 Å². The Morgan fingerprint density at radius 2 is 2.00 bits per heavy atom. The minimum absolute atomic E-state index is 0.312. The van der Waals surface area contributed by atoms with Crippen LogP contribution in [0.4, 0.5) is 13.2 Å². The van der Waals surface area contributed by atoms with E-state index in [1.165, 1.54) is 6.20 Å². The van der Waals surface area contributed by atoms with Crippen molar-refractivity contribution in [2.24, 2.45) is 4.99 Å². The fraction of sp³-hybridized carbons (Fsp3) is 0.727. The van der Waals surface area contributed by atoms with Crippen molar-refractivity contribution in [3.05, 3.63) is 10.7 Å². The van der Waals surface area contributed by atoms with Gasteiger partial charge in [0.25, 0.3) is 0 Å². The molecule has 7 heteroatoms. The minimum Gasteiger partial charge on any atom is -0.342 e. The van der Waals surface area contributed by atoms with Crippen LogP contribution >= 0.6 is 15.9 Å². The maximum atomic E-state index is 12.6. The van der Waals surface area contributed by atoms with Crippen LogP contribution in [0.2, 0.25) is 0 Å². The van der Waals surface area contributed by atoms with Crippen molar-refractivity contribution >= 4 is 21.8 Å². The van der Waals surface area contributed by atoms with Crippen molar-refractivity contribution in [3.63, 3.8) is 0 Å². The Labute approximate surface area is 112 Å². The van der Waals surface area contributed by atoms with E-state index >= 15 is 0 Å². The van der Waals surface area contributed by atoms with Crippen LogP contribution in [0.25, 0.3) is 0 Å². The first kappa shape index (κ1) is 13.9. The normalized spacial score (nSPS) is 26.0. The van der Waals surface area contributed by atoms with Gasteiger partial charge < -0.3 is 5.32 Å². The third kappa shape index (κ3) is 2.88. The van der Waals surface area contributed by atoms with Gasteiger partial charge in [-0.3, -0.25) is 4.90 Å². The van der Waals surface area contributed by atoms with Crippen LogP contribution in [0, 0.1) is 0 Å². The van der Waals surface area contributed by atoms with Crippen LogP contribution in [0.3, 0.4) is 0 Å². The first-order valence-corrected chi connectivity index (χ1v) is 6.68. The van der Waals surface area contributed by atoms with Gasteiger partial charge in [-0.15, -0.1) is 0 Å². The lowest BCUT2D eigenvalue weighted by atomic mass is 10.2. The molecule has 1 heterocycles. The predicted octanol–water partition coefficient (Wildman–Crippen LogP) is 2.99. The van der Waals surface area contributed by atoms with Gasteiger partial charge in [0.15, 0.2) is 0 Å². The fourth-order valence-corrected chi connectivity index (χ4v) is 2.92. The van der Waals surface area contributed by atoms with Gasteiger partial charge in [-0.05, 0) is 19.9 Å². The SMILES string of the molecule is CN(C1CCCC1)C1N=C(C(F)(F)F)NC=C1Br. The van der Waals surface area contributed by atoms with Crippen LogP contribution in [0.5, 0.6) is 0 Å². The molecule has 102 valence electrons. The van der Waals surface area contributed by atoms with E-state index in [1.54, 1.807) is 0 Å². The van der Waals surface area contributed by atoms with E-state index in [0.717, 1.165) is 25.7 Å². The number of nitrogens with zero attached hydrogens (tertiary/aromatic N) is 2. The molecule has 1 atom stereocenters. The summed E-state index contributed by atoms with van der Waals surface area (Å²) in [6.45, 7) is 0. The molecule has 1 unspecified atom stereocenters.